The minimum Gasteiger partial charge on any atom is -0.479 e. The Morgan fingerprint density at radius 3 is 2.65 bits per heavy atom. The highest BCUT2D eigenvalue weighted by Crippen LogP contribution is 2.27. The van der Waals surface area contributed by atoms with E-state index >= 15 is 0 Å². The summed E-state index contributed by atoms with van der Waals surface area (Å²) in [7, 11) is 0. The minimum atomic E-state index is -3.14. The van der Waals surface area contributed by atoms with E-state index in [0.29, 0.717) is 0 Å². The van der Waals surface area contributed by atoms with Crippen LogP contribution in [-0.2, 0) is 4.79 Å². The number of nitrogens with zero attached hydrogens (tertiary/aromatic N) is 1. The van der Waals surface area contributed by atoms with Crippen molar-refractivity contribution in [2.75, 3.05) is 11.9 Å². The fourth-order valence-electron chi connectivity index (χ4n) is 1.39. The van der Waals surface area contributed by atoms with Crippen LogP contribution >= 0.6 is 0 Å². The first-order valence-corrected chi connectivity index (χ1v) is 6.15. The van der Waals surface area contributed by atoms with E-state index in [4.69, 9.17) is 10.4 Å². The molecule has 0 aliphatic carbocycles. The first-order chi connectivity index (χ1) is 10.7. The second-order valence-corrected chi connectivity index (χ2v) is 4.59. The number of aliphatic hydroxyl groups is 1. The molecule has 23 heavy (non-hydrogen) atoms. The van der Waals surface area contributed by atoms with Gasteiger partial charge in [-0.3, -0.25) is 0 Å². The fraction of sp³-hybridized carbons (Fsp3) is 0.308. The lowest BCUT2D eigenvalue weighted by molar-refractivity contribution is -0.155. The summed E-state index contributed by atoms with van der Waals surface area (Å²) in [5.41, 5.74) is -2.33. The zero-order valence-corrected chi connectivity index (χ0v) is 11.8. The van der Waals surface area contributed by atoms with Crippen molar-refractivity contribution in [2.45, 2.75) is 19.1 Å². The first-order valence-electron chi connectivity index (χ1n) is 6.15. The van der Waals surface area contributed by atoms with E-state index in [1.165, 1.54) is 6.07 Å². The van der Waals surface area contributed by atoms with E-state index in [1.807, 2.05) is 0 Å². The molecule has 0 bridgehead atoms. The summed E-state index contributed by atoms with van der Waals surface area (Å²) >= 11 is 0. The number of carbonyl (C=O) groups excluding carboxylic acids is 1. The molecule has 1 atom stereocenters. The Hall–Kier alpha value is -2.93. The van der Waals surface area contributed by atoms with Gasteiger partial charge in [0.05, 0.1) is 23.9 Å². The molecule has 0 spiro atoms. The normalized spacial score (nSPS) is 12.9. The number of aliphatic carboxylic acids is 1. The van der Waals surface area contributed by atoms with Crippen molar-refractivity contribution in [1.29, 1.82) is 5.26 Å². The van der Waals surface area contributed by atoms with Crippen molar-refractivity contribution in [3.8, 4) is 11.8 Å². The Bertz CT molecular complexity index is 643. The van der Waals surface area contributed by atoms with Gasteiger partial charge in [0.15, 0.2) is 5.60 Å². The number of benzene rings is 1. The van der Waals surface area contributed by atoms with Crippen molar-refractivity contribution < 1.29 is 33.3 Å². The van der Waals surface area contributed by atoms with E-state index < -0.39 is 30.8 Å². The van der Waals surface area contributed by atoms with Crippen LogP contribution in [0, 0.1) is 11.3 Å². The molecule has 8 nitrogen and oxygen atoms in total. The molecule has 10 heteroatoms. The van der Waals surface area contributed by atoms with E-state index in [9.17, 15) is 23.5 Å². The van der Waals surface area contributed by atoms with Crippen molar-refractivity contribution in [2.24, 2.45) is 0 Å². The SMILES string of the molecule is CC(O)(CNC(=O)Nc1cc(C#N)ccc1OC(F)F)C(=O)O. The van der Waals surface area contributed by atoms with Crippen LogP contribution < -0.4 is 15.4 Å². The molecule has 124 valence electrons. The highest BCUT2D eigenvalue weighted by Gasteiger charge is 2.30. The molecule has 0 heterocycles. The highest BCUT2D eigenvalue weighted by molar-refractivity contribution is 5.91. The van der Waals surface area contributed by atoms with Gasteiger partial charge in [0.1, 0.15) is 5.75 Å². The van der Waals surface area contributed by atoms with Crippen molar-refractivity contribution in [3.63, 3.8) is 0 Å². The number of carboxylic acid groups (broad SMARTS) is 1. The van der Waals surface area contributed by atoms with Gasteiger partial charge < -0.3 is 25.6 Å². The predicted molar refractivity (Wildman–Crippen MR) is 73.1 cm³/mol. The van der Waals surface area contributed by atoms with Gasteiger partial charge in [-0.25, -0.2) is 9.59 Å². The molecule has 0 saturated heterocycles. The zero-order chi connectivity index (χ0) is 17.6. The van der Waals surface area contributed by atoms with Crippen molar-refractivity contribution >= 4 is 17.7 Å². The number of anilines is 1. The number of nitrogens with one attached hydrogen (secondary N) is 2. The number of ether oxygens (including phenoxy) is 1. The second kappa shape index (κ2) is 7.37. The van der Waals surface area contributed by atoms with Gasteiger partial charge in [0, 0.05) is 0 Å². The summed E-state index contributed by atoms with van der Waals surface area (Å²) in [5.74, 6) is -1.93. The van der Waals surface area contributed by atoms with Crippen LogP contribution in [0.15, 0.2) is 18.2 Å². The molecule has 1 rings (SSSR count). The smallest absolute Gasteiger partial charge is 0.387 e. The number of hydrogen-bond acceptors (Lipinski definition) is 5. The van der Waals surface area contributed by atoms with Crippen LogP contribution in [0.3, 0.4) is 0 Å². The summed E-state index contributed by atoms with van der Waals surface area (Å²) in [6.45, 7) is -2.80. The first kappa shape index (κ1) is 18.1. The van der Waals surface area contributed by atoms with Crippen LogP contribution in [0.4, 0.5) is 19.3 Å². The summed E-state index contributed by atoms with van der Waals surface area (Å²) in [5, 5.41) is 31.1. The number of carbonyl (C=O) groups is 2. The monoisotopic (exact) mass is 329 g/mol. The number of urea groups is 1. The second-order valence-electron chi connectivity index (χ2n) is 4.59. The van der Waals surface area contributed by atoms with Gasteiger partial charge in [-0.2, -0.15) is 14.0 Å². The molecule has 2 amide bonds. The summed E-state index contributed by atoms with van der Waals surface area (Å²) in [6, 6.07) is 4.19. The Balaban J connectivity index is 2.84. The molecule has 1 aromatic carbocycles. The standard InChI is InChI=1S/C13H13F2N3O5/c1-13(22,10(19)20)6-17-12(21)18-8-4-7(5-16)2-3-9(8)23-11(14)15/h2-4,11,22H,6H2,1H3,(H,19,20)(H2,17,18,21). The lowest BCUT2D eigenvalue weighted by atomic mass is 10.1. The molecule has 4 N–H and O–H groups in total. The van der Waals surface area contributed by atoms with E-state index in [-0.39, 0.29) is 17.0 Å². The van der Waals surface area contributed by atoms with Gasteiger partial charge >= 0.3 is 18.6 Å². The Kier molecular flexibility index (Phi) is 5.81. The average Bonchev–Trinajstić information content (AvgIpc) is 2.46. The number of rotatable bonds is 6. The Morgan fingerprint density at radius 2 is 2.13 bits per heavy atom. The maximum atomic E-state index is 12.3. The summed E-state index contributed by atoms with van der Waals surface area (Å²) < 4.78 is 28.8. The average molecular weight is 329 g/mol. The molecule has 0 fully saturated rings. The van der Waals surface area contributed by atoms with Crippen molar-refractivity contribution in [3.05, 3.63) is 23.8 Å². The lowest BCUT2D eigenvalue weighted by Gasteiger charge is -2.19. The Labute approximate surface area is 129 Å². The summed E-state index contributed by atoms with van der Waals surface area (Å²) in [6.07, 6.45) is 0. The molecule has 1 aromatic rings. The van der Waals surface area contributed by atoms with E-state index in [1.54, 1.807) is 6.07 Å². The number of alkyl halides is 2. The lowest BCUT2D eigenvalue weighted by Crippen LogP contribution is -2.47. The number of nitriles is 1. The predicted octanol–water partition coefficient (Wildman–Crippen LogP) is 1.12. The highest BCUT2D eigenvalue weighted by atomic mass is 19.3. The zero-order valence-electron chi connectivity index (χ0n) is 11.8. The third-order valence-corrected chi connectivity index (χ3v) is 2.63. The molecule has 1 unspecified atom stereocenters. The van der Waals surface area contributed by atoms with Crippen LogP contribution in [0.2, 0.25) is 0 Å². The molecular weight excluding hydrogens is 316 g/mol. The van der Waals surface area contributed by atoms with Gasteiger partial charge in [-0.15, -0.1) is 0 Å². The number of halogens is 2. The summed E-state index contributed by atoms with van der Waals surface area (Å²) in [4.78, 5) is 22.4. The van der Waals surface area contributed by atoms with Gasteiger partial charge in [-0.05, 0) is 25.1 Å². The van der Waals surface area contributed by atoms with Gasteiger partial charge in [0.2, 0.25) is 0 Å². The molecule has 0 aliphatic rings. The minimum absolute atomic E-state index is 0.0828. The van der Waals surface area contributed by atoms with E-state index in [2.05, 4.69) is 15.4 Å². The topological polar surface area (TPSA) is 132 Å². The Morgan fingerprint density at radius 1 is 1.48 bits per heavy atom. The molecule has 0 radical (unpaired) electrons. The van der Waals surface area contributed by atoms with Crippen LogP contribution in [0.5, 0.6) is 5.75 Å². The van der Waals surface area contributed by atoms with Crippen LogP contribution in [0.1, 0.15) is 12.5 Å². The third-order valence-electron chi connectivity index (χ3n) is 2.63. The van der Waals surface area contributed by atoms with Crippen LogP contribution in [-0.4, -0.2) is 41.0 Å². The maximum Gasteiger partial charge on any atom is 0.387 e. The van der Waals surface area contributed by atoms with E-state index in [0.717, 1.165) is 19.1 Å². The quantitative estimate of drug-likeness (QED) is 0.618. The molecule has 0 saturated carbocycles. The van der Waals surface area contributed by atoms with Crippen LogP contribution in [0.25, 0.3) is 0 Å². The number of carboxylic acids is 1. The third kappa shape index (κ3) is 5.40. The number of hydrogen-bond donors (Lipinski definition) is 4. The van der Waals surface area contributed by atoms with Gasteiger partial charge in [0.25, 0.3) is 0 Å². The maximum absolute atomic E-state index is 12.3. The number of amides is 2. The fourth-order valence-corrected chi connectivity index (χ4v) is 1.39. The largest absolute Gasteiger partial charge is 0.479 e. The molecule has 0 aromatic heterocycles. The van der Waals surface area contributed by atoms with Crippen molar-refractivity contribution in [1.82, 2.24) is 5.32 Å². The molecule has 0 aliphatic heterocycles. The molecular formula is C13H13F2N3O5. The van der Waals surface area contributed by atoms with Gasteiger partial charge in [-0.1, -0.05) is 0 Å².